The third-order valence-electron chi connectivity index (χ3n) is 1.80. The summed E-state index contributed by atoms with van der Waals surface area (Å²) in [6.07, 6.45) is 0. The molecule has 0 amide bonds. The molecule has 0 atom stereocenters. The van der Waals surface area contributed by atoms with E-state index in [-0.39, 0.29) is 5.75 Å². The van der Waals surface area contributed by atoms with Crippen molar-refractivity contribution in [3.8, 4) is 11.5 Å². The van der Waals surface area contributed by atoms with E-state index in [0.29, 0.717) is 0 Å². The molecule has 0 saturated heterocycles. The average Bonchev–Trinajstić information content (AvgIpc) is 2.18. The first-order valence-electron chi connectivity index (χ1n) is 3.87. The fourth-order valence-corrected chi connectivity index (χ4v) is 1.02. The number of aromatic hydroxyl groups is 1. The van der Waals surface area contributed by atoms with Gasteiger partial charge in [-0.15, -0.1) is 0 Å². The number of ether oxygens (including phenoxy) is 1. The predicted octanol–water partition coefficient (Wildman–Crippen LogP) is 1.48. The van der Waals surface area contributed by atoms with E-state index in [1.54, 1.807) is 0 Å². The van der Waals surface area contributed by atoms with Crippen molar-refractivity contribution in [3.05, 3.63) is 23.8 Å². The SMILES string of the molecule is COc1ccc(O)c(C(F)(F)CO)c1. The van der Waals surface area contributed by atoms with E-state index < -0.39 is 23.8 Å². The molecule has 0 saturated carbocycles. The molecule has 1 aromatic rings. The van der Waals surface area contributed by atoms with Gasteiger partial charge in [-0.05, 0) is 18.2 Å². The molecule has 0 bridgehead atoms. The summed E-state index contributed by atoms with van der Waals surface area (Å²) in [4.78, 5) is 0. The van der Waals surface area contributed by atoms with Crippen LogP contribution in [-0.4, -0.2) is 23.9 Å². The number of alkyl halides is 2. The molecule has 78 valence electrons. The number of benzene rings is 1. The number of hydrogen-bond acceptors (Lipinski definition) is 3. The molecule has 5 heteroatoms. The topological polar surface area (TPSA) is 49.7 Å². The minimum absolute atomic E-state index is 0.200. The van der Waals surface area contributed by atoms with E-state index in [0.717, 1.165) is 12.1 Å². The minimum Gasteiger partial charge on any atom is -0.507 e. The van der Waals surface area contributed by atoms with E-state index in [1.807, 2.05) is 0 Å². The van der Waals surface area contributed by atoms with Crippen LogP contribution in [-0.2, 0) is 5.92 Å². The summed E-state index contributed by atoms with van der Waals surface area (Å²) < 4.78 is 30.7. The maximum absolute atomic E-state index is 13.0. The molecular weight excluding hydrogens is 194 g/mol. The second-order valence-corrected chi connectivity index (χ2v) is 2.75. The van der Waals surface area contributed by atoms with Gasteiger partial charge in [0.05, 0.1) is 12.7 Å². The standard InChI is InChI=1S/C9H10F2O3/c1-14-6-2-3-8(13)7(4-6)9(10,11)5-12/h2-4,12-13H,5H2,1H3. The molecule has 0 heterocycles. The van der Waals surface area contributed by atoms with Crippen molar-refractivity contribution in [3.63, 3.8) is 0 Å². The van der Waals surface area contributed by atoms with Gasteiger partial charge in [0.25, 0.3) is 5.92 Å². The van der Waals surface area contributed by atoms with E-state index in [4.69, 9.17) is 14.9 Å². The predicted molar refractivity (Wildman–Crippen MR) is 45.6 cm³/mol. The Labute approximate surface area is 79.6 Å². The lowest BCUT2D eigenvalue weighted by atomic mass is 10.1. The van der Waals surface area contributed by atoms with Gasteiger partial charge in [-0.3, -0.25) is 0 Å². The number of methoxy groups -OCH3 is 1. The molecule has 0 unspecified atom stereocenters. The fourth-order valence-electron chi connectivity index (χ4n) is 1.02. The number of rotatable bonds is 3. The van der Waals surface area contributed by atoms with Gasteiger partial charge in [0, 0.05) is 0 Å². The Bertz CT molecular complexity index is 326. The van der Waals surface area contributed by atoms with Gasteiger partial charge in [0.15, 0.2) is 0 Å². The highest BCUT2D eigenvalue weighted by molar-refractivity contribution is 5.41. The van der Waals surface area contributed by atoms with Gasteiger partial charge in [0.2, 0.25) is 0 Å². The number of aliphatic hydroxyl groups is 1. The smallest absolute Gasteiger partial charge is 0.299 e. The minimum atomic E-state index is -3.46. The lowest BCUT2D eigenvalue weighted by Crippen LogP contribution is -2.18. The van der Waals surface area contributed by atoms with Crippen molar-refractivity contribution in [2.75, 3.05) is 13.7 Å². The maximum atomic E-state index is 13.0. The molecule has 0 aliphatic heterocycles. The van der Waals surface area contributed by atoms with Gasteiger partial charge < -0.3 is 14.9 Å². The zero-order valence-corrected chi connectivity index (χ0v) is 7.50. The molecule has 0 aromatic heterocycles. The lowest BCUT2D eigenvalue weighted by molar-refractivity contribution is -0.0572. The molecule has 1 rings (SSSR count). The van der Waals surface area contributed by atoms with Crippen molar-refractivity contribution in [1.82, 2.24) is 0 Å². The van der Waals surface area contributed by atoms with Crippen LogP contribution in [0.5, 0.6) is 11.5 Å². The number of hydrogen-bond donors (Lipinski definition) is 2. The van der Waals surface area contributed by atoms with Gasteiger partial charge >= 0.3 is 0 Å². The molecule has 0 radical (unpaired) electrons. The molecule has 0 aliphatic rings. The van der Waals surface area contributed by atoms with Crippen LogP contribution >= 0.6 is 0 Å². The van der Waals surface area contributed by atoms with Crippen LogP contribution in [0.25, 0.3) is 0 Å². The molecule has 0 spiro atoms. The maximum Gasteiger partial charge on any atom is 0.299 e. The molecule has 0 aliphatic carbocycles. The Morgan fingerprint density at radius 3 is 2.57 bits per heavy atom. The van der Waals surface area contributed by atoms with Crippen molar-refractivity contribution >= 4 is 0 Å². The second-order valence-electron chi connectivity index (χ2n) is 2.75. The first-order valence-corrected chi connectivity index (χ1v) is 3.87. The molecule has 1 aromatic carbocycles. The summed E-state index contributed by atoms with van der Waals surface area (Å²) >= 11 is 0. The van der Waals surface area contributed by atoms with Crippen molar-refractivity contribution < 1.29 is 23.7 Å². The Balaban J connectivity index is 3.18. The van der Waals surface area contributed by atoms with Crippen LogP contribution in [0.4, 0.5) is 8.78 Å². The summed E-state index contributed by atoms with van der Waals surface area (Å²) in [5.74, 6) is -3.82. The Morgan fingerprint density at radius 2 is 2.07 bits per heavy atom. The summed E-state index contributed by atoms with van der Waals surface area (Å²) in [5.41, 5.74) is -0.639. The molecule has 0 fully saturated rings. The first kappa shape index (κ1) is 10.7. The fraction of sp³-hybridized carbons (Fsp3) is 0.333. The zero-order valence-electron chi connectivity index (χ0n) is 7.50. The summed E-state index contributed by atoms with van der Waals surface area (Å²) in [5, 5.41) is 17.6. The lowest BCUT2D eigenvalue weighted by Gasteiger charge is -2.15. The Kier molecular flexibility index (Phi) is 2.90. The monoisotopic (exact) mass is 204 g/mol. The van der Waals surface area contributed by atoms with Crippen LogP contribution in [0.15, 0.2) is 18.2 Å². The first-order chi connectivity index (χ1) is 6.51. The van der Waals surface area contributed by atoms with Crippen LogP contribution in [0.1, 0.15) is 5.56 Å². The number of phenolic OH excluding ortho intramolecular Hbond substituents is 1. The van der Waals surface area contributed by atoms with E-state index in [1.165, 1.54) is 13.2 Å². The highest BCUT2D eigenvalue weighted by atomic mass is 19.3. The summed E-state index contributed by atoms with van der Waals surface area (Å²) in [6.45, 7) is -1.35. The molecular formula is C9H10F2O3. The summed E-state index contributed by atoms with van der Waals surface area (Å²) in [6, 6.07) is 3.44. The Hall–Kier alpha value is -1.36. The third kappa shape index (κ3) is 1.93. The van der Waals surface area contributed by atoms with Crippen molar-refractivity contribution in [1.29, 1.82) is 0 Å². The van der Waals surface area contributed by atoms with Crippen LogP contribution in [0.3, 0.4) is 0 Å². The second kappa shape index (κ2) is 3.79. The van der Waals surface area contributed by atoms with Crippen molar-refractivity contribution in [2.24, 2.45) is 0 Å². The van der Waals surface area contributed by atoms with E-state index in [9.17, 15) is 8.78 Å². The van der Waals surface area contributed by atoms with Gasteiger partial charge in [-0.1, -0.05) is 0 Å². The van der Waals surface area contributed by atoms with Gasteiger partial charge in [-0.25, -0.2) is 0 Å². The van der Waals surface area contributed by atoms with Crippen LogP contribution < -0.4 is 4.74 Å². The number of phenols is 1. The average molecular weight is 204 g/mol. The third-order valence-corrected chi connectivity index (χ3v) is 1.80. The number of halogens is 2. The number of aliphatic hydroxyl groups excluding tert-OH is 1. The molecule has 3 nitrogen and oxygen atoms in total. The van der Waals surface area contributed by atoms with Crippen LogP contribution in [0, 0.1) is 0 Å². The zero-order chi connectivity index (χ0) is 10.8. The van der Waals surface area contributed by atoms with E-state index >= 15 is 0 Å². The highest BCUT2D eigenvalue weighted by Crippen LogP contribution is 2.36. The highest BCUT2D eigenvalue weighted by Gasteiger charge is 2.33. The molecule has 14 heavy (non-hydrogen) atoms. The van der Waals surface area contributed by atoms with Crippen LogP contribution in [0.2, 0.25) is 0 Å². The van der Waals surface area contributed by atoms with Crippen molar-refractivity contribution in [2.45, 2.75) is 5.92 Å². The quantitative estimate of drug-likeness (QED) is 0.784. The Morgan fingerprint density at radius 1 is 1.43 bits per heavy atom. The molecule has 2 N–H and O–H groups in total. The normalized spacial score (nSPS) is 11.4. The summed E-state index contributed by atoms with van der Waals surface area (Å²) in [7, 11) is 1.33. The largest absolute Gasteiger partial charge is 0.507 e. The van der Waals surface area contributed by atoms with Gasteiger partial charge in [-0.2, -0.15) is 8.78 Å². The van der Waals surface area contributed by atoms with Gasteiger partial charge in [0.1, 0.15) is 18.1 Å². The van der Waals surface area contributed by atoms with E-state index in [2.05, 4.69) is 0 Å².